The van der Waals surface area contributed by atoms with E-state index in [4.69, 9.17) is 4.74 Å². The molecule has 172 valence electrons. The van der Waals surface area contributed by atoms with Crippen molar-refractivity contribution in [3.63, 3.8) is 0 Å². The van der Waals surface area contributed by atoms with E-state index in [1.807, 2.05) is 19.1 Å². The molecule has 3 aromatic rings. The van der Waals surface area contributed by atoms with Crippen molar-refractivity contribution in [2.24, 2.45) is 0 Å². The zero-order valence-electron chi connectivity index (χ0n) is 18.8. The van der Waals surface area contributed by atoms with Crippen LogP contribution < -0.4 is 14.4 Å². The van der Waals surface area contributed by atoms with Crippen LogP contribution in [-0.2, 0) is 21.2 Å². The number of fused-ring (bicyclic) bond motifs is 1. The first-order chi connectivity index (χ1) is 15.8. The summed E-state index contributed by atoms with van der Waals surface area (Å²) in [6.07, 6.45) is 3.00. The fraction of sp³-hybridized carbons (Fsp3) is 0.269. The van der Waals surface area contributed by atoms with Gasteiger partial charge < -0.3 is 10.1 Å². The minimum atomic E-state index is -3.66. The maximum atomic E-state index is 12.9. The summed E-state index contributed by atoms with van der Waals surface area (Å²) in [5.74, 6) is 0.318. The number of nitrogens with zero attached hydrogens (tertiary/aromatic N) is 1. The number of hydrogen-bond donors (Lipinski definition) is 1. The van der Waals surface area contributed by atoms with Crippen LogP contribution in [-0.4, -0.2) is 28.0 Å². The number of anilines is 1. The first-order valence-electron chi connectivity index (χ1n) is 11.0. The molecular formula is C26H28N2O4S. The van der Waals surface area contributed by atoms with Gasteiger partial charge >= 0.3 is 0 Å². The standard InChI is InChI=1S/C26H28N2O4S/c1-19-10-16-23(17-11-19)33(30,31)28(2)21-12-14-22(15-13-21)32-18-26(29)27-25-9-5-7-20-6-3-4-8-24(20)25/h3-4,6,8,10-17,25H,5,7,9,18H2,1-2H3,(H,27,29). The molecule has 4 rings (SSSR count). The monoisotopic (exact) mass is 464 g/mol. The summed E-state index contributed by atoms with van der Waals surface area (Å²) in [4.78, 5) is 12.7. The highest BCUT2D eigenvalue weighted by Gasteiger charge is 2.22. The van der Waals surface area contributed by atoms with Crippen molar-refractivity contribution in [3.05, 3.63) is 89.5 Å². The molecule has 1 N–H and O–H groups in total. The van der Waals surface area contributed by atoms with Crippen LogP contribution in [0, 0.1) is 6.92 Å². The molecule has 0 aliphatic heterocycles. The zero-order valence-corrected chi connectivity index (χ0v) is 19.6. The van der Waals surface area contributed by atoms with Gasteiger partial charge in [-0.05, 0) is 73.7 Å². The Morgan fingerprint density at radius 3 is 2.45 bits per heavy atom. The number of nitrogens with one attached hydrogen (secondary N) is 1. The lowest BCUT2D eigenvalue weighted by Crippen LogP contribution is -2.34. The number of benzene rings is 3. The highest BCUT2D eigenvalue weighted by molar-refractivity contribution is 7.92. The molecule has 1 amide bonds. The van der Waals surface area contributed by atoms with Gasteiger partial charge in [0.25, 0.3) is 15.9 Å². The lowest BCUT2D eigenvalue weighted by molar-refractivity contribution is -0.123. The van der Waals surface area contributed by atoms with E-state index in [-0.39, 0.29) is 23.5 Å². The minimum absolute atomic E-state index is 0.00839. The third-order valence-electron chi connectivity index (χ3n) is 5.95. The molecule has 0 radical (unpaired) electrons. The molecule has 1 aliphatic carbocycles. The predicted molar refractivity (Wildman–Crippen MR) is 129 cm³/mol. The van der Waals surface area contributed by atoms with E-state index < -0.39 is 10.0 Å². The number of carbonyl (C=O) groups excluding carboxylic acids is 1. The first-order valence-corrected chi connectivity index (χ1v) is 12.4. The fourth-order valence-corrected chi connectivity index (χ4v) is 5.24. The molecule has 3 aromatic carbocycles. The highest BCUT2D eigenvalue weighted by atomic mass is 32.2. The van der Waals surface area contributed by atoms with Crippen molar-refractivity contribution in [3.8, 4) is 5.75 Å². The number of rotatable bonds is 7. The average Bonchev–Trinajstić information content (AvgIpc) is 2.83. The summed E-state index contributed by atoms with van der Waals surface area (Å²) in [6.45, 7) is 1.81. The largest absolute Gasteiger partial charge is 0.484 e. The van der Waals surface area contributed by atoms with E-state index in [1.54, 1.807) is 48.5 Å². The van der Waals surface area contributed by atoms with Crippen molar-refractivity contribution < 1.29 is 17.9 Å². The maximum Gasteiger partial charge on any atom is 0.264 e. The van der Waals surface area contributed by atoms with Gasteiger partial charge in [0.05, 0.1) is 16.6 Å². The van der Waals surface area contributed by atoms with Crippen LogP contribution in [0.5, 0.6) is 5.75 Å². The topological polar surface area (TPSA) is 75.7 Å². The van der Waals surface area contributed by atoms with E-state index in [9.17, 15) is 13.2 Å². The number of aryl methyl sites for hydroxylation is 2. The average molecular weight is 465 g/mol. The molecule has 6 nitrogen and oxygen atoms in total. The van der Waals surface area contributed by atoms with Crippen LogP contribution in [0.3, 0.4) is 0 Å². The normalized spacial score (nSPS) is 15.4. The van der Waals surface area contributed by atoms with Crippen LogP contribution in [0.4, 0.5) is 5.69 Å². The number of ether oxygens (including phenoxy) is 1. The molecule has 0 spiro atoms. The van der Waals surface area contributed by atoms with Gasteiger partial charge in [0.2, 0.25) is 0 Å². The SMILES string of the molecule is Cc1ccc(S(=O)(=O)N(C)c2ccc(OCC(=O)NC3CCCc4ccccc43)cc2)cc1. The van der Waals surface area contributed by atoms with Gasteiger partial charge in [-0.1, -0.05) is 42.0 Å². The smallest absolute Gasteiger partial charge is 0.264 e. The molecular weight excluding hydrogens is 436 g/mol. The van der Waals surface area contributed by atoms with Crippen molar-refractivity contribution in [1.29, 1.82) is 0 Å². The fourth-order valence-electron chi connectivity index (χ4n) is 4.05. The Morgan fingerprint density at radius 2 is 1.73 bits per heavy atom. The molecule has 1 aliphatic rings. The van der Waals surface area contributed by atoms with Crippen LogP contribution in [0.2, 0.25) is 0 Å². The predicted octanol–water partition coefficient (Wildman–Crippen LogP) is 4.39. The molecule has 0 aromatic heterocycles. The third-order valence-corrected chi connectivity index (χ3v) is 7.75. The number of amides is 1. The summed E-state index contributed by atoms with van der Waals surface area (Å²) in [7, 11) is -2.15. The Balaban J connectivity index is 1.35. The lowest BCUT2D eigenvalue weighted by atomic mass is 9.88. The second-order valence-corrected chi connectivity index (χ2v) is 10.2. The maximum absolute atomic E-state index is 12.9. The van der Waals surface area contributed by atoms with Crippen LogP contribution in [0.15, 0.2) is 77.7 Å². The molecule has 0 heterocycles. The lowest BCUT2D eigenvalue weighted by Gasteiger charge is -2.26. The molecule has 0 saturated carbocycles. The van der Waals surface area contributed by atoms with Gasteiger partial charge in [-0.25, -0.2) is 8.42 Å². The molecule has 0 fully saturated rings. The van der Waals surface area contributed by atoms with Crippen molar-refractivity contribution in [2.45, 2.75) is 37.1 Å². The van der Waals surface area contributed by atoms with Gasteiger partial charge in [0.15, 0.2) is 6.61 Å². The highest BCUT2D eigenvalue weighted by Crippen LogP contribution is 2.29. The van der Waals surface area contributed by atoms with E-state index in [2.05, 4.69) is 17.4 Å². The van der Waals surface area contributed by atoms with Crippen molar-refractivity contribution >= 4 is 21.6 Å². The van der Waals surface area contributed by atoms with Gasteiger partial charge in [0, 0.05) is 7.05 Å². The Bertz CT molecular complexity index is 1220. The number of carbonyl (C=O) groups is 1. The Labute approximate surface area is 195 Å². The van der Waals surface area contributed by atoms with Crippen molar-refractivity contribution in [2.75, 3.05) is 18.0 Å². The molecule has 1 unspecified atom stereocenters. The second kappa shape index (κ2) is 9.67. The summed E-state index contributed by atoms with van der Waals surface area (Å²) < 4.78 is 32.6. The minimum Gasteiger partial charge on any atom is -0.484 e. The Kier molecular flexibility index (Phi) is 6.70. The molecule has 1 atom stereocenters. The van der Waals surface area contributed by atoms with Crippen LogP contribution in [0.25, 0.3) is 0 Å². The Hall–Kier alpha value is -3.32. The second-order valence-electron chi connectivity index (χ2n) is 8.28. The summed E-state index contributed by atoms with van der Waals surface area (Å²) in [5, 5.41) is 3.07. The van der Waals surface area contributed by atoms with E-state index in [1.165, 1.54) is 22.5 Å². The van der Waals surface area contributed by atoms with Gasteiger partial charge in [-0.3, -0.25) is 9.10 Å². The summed E-state index contributed by atoms with van der Waals surface area (Å²) in [6, 6.07) is 21.6. The van der Waals surface area contributed by atoms with Gasteiger partial charge in [-0.2, -0.15) is 0 Å². The van der Waals surface area contributed by atoms with Gasteiger partial charge in [0.1, 0.15) is 5.75 Å². The summed E-state index contributed by atoms with van der Waals surface area (Å²) >= 11 is 0. The first kappa shape index (κ1) is 22.9. The van der Waals surface area contributed by atoms with Crippen LogP contribution >= 0.6 is 0 Å². The zero-order chi connectivity index (χ0) is 23.4. The molecule has 0 bridgehead atoms. The summed E-state index contributed by atoms with van der Waals surface area (Å²) in [5.41, 5.74) is 3.97. The van der Waals surface area contributed by atoms with E-state index in [0.29, 0.717) is 11.4 Å². The number of sulfonamides is 1. The molecule has 7 heteroatoms. The molecule has 0 saturated heterocycles. The van der Waals surface area contributed by atoms with E-state index >= 15 is 0 Å². The third kappa shape index (κ3) is 5.20. The van der Waals surface area contributed by atoms with E-state index in [0.717, 1.165) is 24.8 Å². The van der Waals surface area contributed by atoms with Crippen molar-refractivity contribution in [1.82, 2.24) is 5.32 Å². The molecule has 33 heavy (non-hydrogen) atoms. The van der Waals surface area contributed by atoms with Crippen LogP contribution in [0.1, 0.15) is 35.6 Å². The Morgan fingerprint density at radius 1 is 1.03 bits per heavy atom. The van der Waals surface area contributed by atoms with Gasteiger partial charge in [-0.15, -0.1) is 0 Å². The quantitative estimate of drug-likeness (QED) is 0.563. The number of hydrogen-bond acceptors (Lipinski definition) is 4.